The van der Waals surface area contributed by atoms with E-state index < -0.39 is 16.7 Å². The van der Waals surface area contributed by atoms with E-state index in [2.05, 4.69) is 0 Å². The number of hydrogen-bond acceptors (Lipinski definition) is 6. The largest absolute Gasteiger partial charge is 0.421 e. The molecule has 0 aliphatic rings. The fraction of sp³-hybridized carbons (Fsp3) is 0. The van der Waals surface area contributed by atoms with Crippen LogP contribution in [-0.2, 0) is 4.74 Å². The Labute approximate surface area is 226 Å². The van der Waals surface area contributed by atoms with E-state index in [0.717, 1.165) is 11.8 Å². The van der Waals surface area contributed by atoms with Gasteiger partial charge >= 0.3 is 5.97 Å². The van der Waals surface area contributed by atoms with Crippen LogP contribution in [0.25, 0.3) is 5.76 Å². The molecule has 4 aromatic rings. The number of thioether (sulfide) groups is 1. The summed E-state index contributed by atoms with van der Waals surface area (Å²) in [5, 5.41) is 12.1. The molecule has 0 radical (unpaired) electrons. The predicted octanol–water partition coefficient (Wildman–Crippen LogP) is 8.10. The highest BCUT2D eigenvalue weighted by atomic mass is 35.5. The van der Waals surface area contributed by atoms with Gasteiger partial charge in [-0.15, -0.1) is 0 Å². The third-order valence-electron chi connectivity index (χ3n) is 5.10. The molecule has 0 unspecified atom stereocenters. The first-order chi connectivity index (χ1) is 17.8. The Balaban J connectivity index is 1.92. The van der Waals surface area contributed by atoms with Gasteiger partial charge in [0, 0.05) is 22.2 Å². The lowest BCUT2D eigenvalue weighted by atomic mass is 10.1. The molecule has 0 saturated carbocycles. The van der Waals surface area contributed by atoms with Gasteiger partial charge in [-0.25, -0.2) is 4.79 Å². The van der Waals surface area contributed by atoms with Crippen LogP contribution >= 0.6 is 35.0 Å². The van der Waals surface area contributed by atoms with Crippen LogP contribution in [0.3, 0.4) is 0 Å². The van der Waals surface area contributed by atoms with E-state index in [1.54, 1.807) is 66.7 Å². The highest BCUT2D eigenvalue weighted by Crippen LogP contribution is 2.40. The Morgan fingerprint density at radius 3 is 2.00 bits per heavy atom. The normalized spacial score (nSPS) is 11.4. The number of nitrogens with zero attached hydrogens (tertiary/aromatic N) is 1. The summed E-state index contributed by atoms with van der Waals surface area (Å²) in [5.74, 6) is -1.35. The summed E-state index contributed by atoms with van der Waals surface area (Å²) < 4.78 is 5.82. The highest BCUT2D eigenvalue weighted by Gasteiger charge is 2.27. The molecule has 4 aromatic carbocycles. The number of esters is 1. The lowest BCUT2D eigenvalue weighted by Gasteiger charge is -2.16. The van der Waals surface area contributed by atoms with Crippen LogP contribution in [0.4, 0.5) is 5.69 Å². The number of carbonyl (C=O) groups excluding carboxylic acids is 2. The maximum atomic E-state index is 13.8. The van der Waals surface area contributed by atoms with Crippen molar-refractivity contribution in [3.05, 3.63) is 145 Å². The number of hydrogen-bond donors (Lipinski definition) is 0. The zero-order valence-corrected chi connectivity index (χ0v) is 21.3. The van der Waals surface area contributed by atoms with E-state index in [0.29, 0.717) is 16.1 Å². The molecule has 0 aliphatic heterocycles. The number of allylic oxidation sites excluding steroid dienone is 1. The summed E-state index contributed by atoms with van der Waals surface area (Å²) in [5.41, 5.74) is 0.593. The van der Waals surface area contributed by atoms with Gasteiger partial charge in [0.25, 0.3) is 5.69 Å². The molecular formula is C28H17Cl2NO5S. The molecule has 9 heteroatoms. The first kappa shape index (κ1) is 26.2. The molecule has 0 N–H and O–H groups in total. The number of nitro groups is 1. The lowest BCUT2D eigenvalue weighted by molar-refractivity contribution is -0.387. The van der Waals surface area contributed by atoms with Gasteiger partial charge in [0.1, 0.15) is 4.91 Å². The van der Waals surface area contributed by atoms with Gasteiger partial charge in [0.05, 0.1) is 20.4 Å². The summed E-state index contributed by atoms with van der Waals surface area (Å²) >= 11 is 13.0. The summed E-state index contributed by atoms with van der Waals surface area (Å²) in [6.07, 6.45) is 0. The number of benzene rings is 4. The van der Waals surface area contributed by atoms with Gasteiger partial charge < -0.3 is 4.74 Å². The monoisotopic (exact) mass is 549 g/mol. The molecule has 0 aliphatic carbocycles. The zero-order valence-electron chi connectivity index (χ0n) is 19.0. The molecule has 0 aromatic heterocycles. The first-order valence-corrected chi connectivity index (χ1v) is 12.4. The minimum Gasteiger partial charge on any atom is -0.421 e. The van der Waals surface area contributed by atoms with Crippen LogP contribution in [-0.4, -0.2) is 16.7 Å². The average Bonchev–Trinajstić information content (AvgIpc) is 2.91. The topological polar surface area (TPSA) is 86.5 Å². The Kier molecular flexibility index (Phi) is 8.40. The quantitative estimate of drug-likeness (QED) is 0.0419. The average molecular weight is 550 g/mol. The second-order valence-electron chi connectivity index (χ2n) is 7.56. The van der Waals surface area contributed by atoms with Crippen molar-refractivity contribution in [1.29, 1.82) is 0 Å². The molecule has 0 atom stereocenters. The van der Waals surface area contributed by atoms with Crippen molar-refractivity contribution in [2.75, 3.05) is 0 Å². The van der Waals surface area contributed by atoms with Gasteiger partial charge in [0.15, 0.2) is 5.76 Å². The maximum absolute atomic E-state index is 13.8. The highest BCUT2D eigenvalue weighted by molar-refractivity contribution is 8.04. The number of halogens is 2. The predicted molar refractivity (Wildman–Crippen MR) is 145 cm³/mol. The molecule has 0 saturated heterocycles. The number of ether oxygens (including phenoxy) is 1. The third kappa shape index (κ3) is 6.27. The van der Waals surface area contributed by atoms with Gasteiger partial charge in [0.2, 0.25) is 5.78 Å². The zero-order chi connectivity index (χ0) is 26.4. The van der Waals surface area contributed by atoms with Gasteiger partial charge in [-0.1, -0.05) is 108 Å². The standard InChI is InChI=1S/C28H17Cl2NO5S/c29-20-15-16-21(22(30)17-20)28(33)36-26(19-11-5-2-6-12-19)27(25(32)18-9-3-1-4-10-18)37-24-14-8-7-13-23(24)31(34)35/h1-17H/b27-26-. The molecule has 0 fully saturated rings. The van der Waals surface area contributed by atoms with E-state index in [-0.39, 0.29) is 31.8 Å². The Hall–Kier alpha value is -3.91. The molecular weight excluding hydrogens is 533 g/mol. The summed E-state index contributed by atoms with van der Waals surface area (Å²) in [4.78, 5) is 38.4. The molecule has 4 rings (SSSR count). The first-order valence-electron chi connectivity index (χ1n) is 10.8. The maximum Gasteiger partial charge on any atom is 0.345 e. The molecule has 0 amide bonds. The minimum atomic E-state index is -0.818. The molecule has 184 valence electrons. The summed E-state index contributed by atoms with van der Waals surface area (Å²) in [6, 6.07) is 27.3. The number of carbonyl (C=O) groups is 2. The van der Waals surface area contributed by atoms with E-state index in [1.165, 1.54) is 36.4 Å². The van der Waals surface area contributed by atoms with E-state index >= 15 is 0 Å². The van der Waals surface area contributed by atoms with Gasteiger partial charge in [-0.3, -0.25) is 14.9 Å². The van der Waals surface area contributed by atoms with Gasteiger partial charge in [-0.2, -0.15) is 0 Å². The molecule has 0 spiro atoms. The van der Waals surface area contributed by atoms with Crippen molar-refractivity contribution in [2.45, 2.75) is 4.90 Å². The second-order valence-corrected chi connectivity index (χ2v) is 9.46. The molecule has 37 heavy (non-hydrogen) atoms. The van der Waals surface area contributed by atoms with Crippen molar-refractivity contribution < 1.29 is 19.2 Å². The lowest BCUT2D eigenvalue weighted by Crippen LogP contribution is -2.11. The Morgan fingerprint density at radius 1 is 0.784 bits per heavy atom. The van der Waals surface area contributed by atoms with Crippen molar-refractivity contribution in [3.63, 3.8) is 0 Å². The van der Waals surface area contributed by atoms with Crippen molar-refractivity contribution in [3.8, 4) is 0 Å². The van der Waals surface area contributed by atoms with E-state index in [9.17, 15) is 19.7 Å². The van der Waals surface area contributed by atoms with E-state index in [4.69, 9.17) is 27.9 Å². The molecule has 0 heterocycles. The number of ketones is 1. The van der Waals surface area contributed by atoms with Crippen LogP contribution in [0.15, 0.2) is 113 Å². The number of rotatable bonds is 8. The van der Waals surface area contributed by atoms with Crippen LogP contribution in [0.1, 0.15) is 26.3 Å². The number of para-hydroxylation sites is 1. The smallest absolute Gasteiger partial charge is 0.345 e. The van der Waals surface area contributed by atoms with E-state index in [1.807, 2.05) is 0 Å². The summed E-state index contributed by atoms with van der Waals surface area (Å²) in [7, 11) is 0. The van der Waals surface area contributed by atoms with Crippen LogP contribution in [0.2, 0.25) is 10.0 Å². The van der Waals surface area contributed by atoms with Crippen LogP contribution < -0.4 is 0 Å². The Bertz CT molecular complexity index is 1510. The second kappa shape index (κ2) is 11.9. The SMILES string of the molecule is O=C(/C(Sc1ccccc1[N+](=O)[O-])=C(/OC(=O)c1ccc(Cl)cc1Cl)c1ccccc1)c1ccccc1. The fourth-order valence-corrected chi connectivity index (χ4v) is 4.91. The van der Waals surface area contributed by atoms with Crippen molar-refractivity contribution in [1.82, 2.24) is 0 Å². The molecule has 6 nitrogen and oxygen atoms in total. The van der Waals surface area contributed by atoms with Crippen LogP contribution in [0, 0.1) is 10.1 Å². The number of Topliss-reactive ketones (excluding diaryl/α,β-unsaturated/α-hetero) is 1. The van der Waals surface area contributed by atoms with Gasteiger partial charge in [-0.05, 0) is 24.3 Å². The number of nitro benzene ring substituents is 1. The minimum absolute atomic E-state index is 0.00913. The van der Waals surface area contributed by atoms with Crippen LogP contribution in [0.5, 0.6) is 0 Å². The van der Waals surface area contributed by atoms with Crippen molar-refractivity contribution in [2.24, 2.45) is 0 Å². The summed E-state index contributed by atoms with van der Waals surface area (Å²) in [6.45, 7) is 0. The Morgan fingerprint density at radius 2 is 1.38 bits per heavy atom. The van der Waals surface area contributed by atoms with Crippen molar-refractivity contribution >= 4 is 58.2 Å². The molecule has 0 bridgehead atoms. The fourth-order valence-electron chi connectivity index (χ4n) is 3.35. The third-order valence-corrected chi connectivity index (χ3v) is 6.79.